The van der Waals surface area contributed by atoms with E-state index in [0.717, 1.165) is 5.56 Å². The Balaban J connectivity index is 1.37. The van der Waals surface area contributed by atoms with E-state index in [2.05, 4.69) is 20.8 Å². The topological polar surface area (TPSA) is 93.0 Å². The van der Waals surface area contributed by atoms with E-state index in [9.17, 15) is 14.0 Å². The second-order valence-electron chi connectivity index (χ2n) is 7.14. The van der Waals surface area contributed by atoms with Crippen LogP contribution in [0.15, 0.2) is 23.4 Å². The van der Waals surface area contributed by atoms with E-state index < -0.39 is 0 Å². The molecule has 2 amide bonds. The number of benzene rings is 1. The first kappa shape index (κ1) is 21.2. The number of hydrogen-bond donors (Lipinski definition) is 1. The van der Waals surface area contributed by atoms with Crippen molar-refractivity contribution in [2.24, 2.45) is 13.0 Å². The van der Waals surface area contributed by atoms with Gasteiger partial charge < -0.3 is 10.2 Å². The number of carbonyl (C=O) groups is 2. The van der Waals surface area contributed by atoms with Crippen LogP contribution in [0.25, 0.3) is 0 Å². The molecule has 0 bridgehead atoms. The summed E-state index contributed by atoms with van der Waals surface area (Å²) in [5.41, 5.74) is 1.33. The van der Waals surface area contributed by atoms with Crippen molar-refractivity contribution in [1.82, 2.24) is 30.4 Å². The normalized spacial score (nSPS) is 14.8. The summed E-state index contributed by atoms with van der Waals surface area (Å²) in [6.07, 6.45) is 1.69. The molecule has 3 rings (SSSR count). The van der Waals surface area contributed by atoms with Gasteiger partial charge in [0.1, 0.15) is 5.82 Å². The molecule has 0 spiro atoms. The molecule has 2 heterocycles. The Kier molecular flexibility index (Phi) is 7.18. The van der Waals surface area contributed by atoms with Crippen LogP contribution in [0.1, 0.15) is 30.4 Å². The van der Waals surface area contributed by atoms with E-state index in [1.807, 2.05) is 11.0 Å². The van der Waals surface area contributed by atoms with Crippen molar-refractivity contribution in [3.8, 4) is 0 Å². The van der Waals surface area contributed by atoms with Crippen molar-refractivity contribution < 1.29 is 14.0 Å². The number of piperidine rings is 1. The Bertz CT molecular complexity index is 866. The zero-order valence-electron chi connectivity index (χ0n) is 16.6. The Morgan fingerprint density at radius 3 is 2.72 bits per heavy atom. The first-order chi connectivity index (χ1) is 13.9. The number of thioether (sulfide) groups is 1. The van der Waals surface area contributed by atoms with Gasteiger partial charge in [0.15, 0.2) is 0 Å². The van der Waals surface area contributed by atoms with E-state index in [4.69, 9.17) is 0 Å². The minimum absolute atomic E-state index is 0.0385. The van der Waals surface area contributed by atoms with Crippen molar-refractivity contribution in [1.29, 1.82) is 0 Å². The van der Waals surface area contributed by atoms with Gasteiger partial charge in [-0.05, 0) is 47.4 Å². The molecule has 0 saturated carbocycles. The lowest BCUT2D eigenvalue weighted by Crippen LogP contribution is -2.43. The van der Waals surface area contributed by atoms with Gasteiger partial charge in [0, 0.05) is 44.8 Å². The van der Waals surface area contributed by atoms with Gasteiger partial charge in [0.05, 0.1) is 0 Å². The van der Waals surface area contributed by atoms with Crippen molar-refractivity contribution in [2.45, 2.75) is 37.9 Å². The number of nitrogens with zero attached hydrogens (tertiary/aromatic N) is 5. The fraction of sp³-hybridized carbons (Fsp3) is 0.526. The monoisotopic (exact) mass is 420 g/mol. The second kappa shape index (κ2) is 9.82. The standard InChI is InChI=1S/C19H25FN6O2S/c1-13-3-4-14(11-16(13)20)12-21-18(28)15-5-8-26(9-6-15)17(27)7-10-29-19-22-23-24-25(19)2/h3-4,11,15H,5-10,12H2,1-2H3,(H,21,28). The fourth-order valence-electron chi connectivity index (χ4n) is 3.20. The summed E-state index contributed by atoms with van der Waals surface area (Å²) in [7, 11) is 1.76. The molecule has 1 aliphatic rings. The Morgan fingerprint density at radius 2 is 2.07 bits per heavy atom. The highest BCUT2D eigenvalue weighted by Crippen LogP contribution is 2.20. The lowest BCUT2D eigenvalue weighted by molar-refractivity contribution is -0.135. The quantitative estimate of drug-likeness (QED) is 0.686. The summed E-state index contributed by atoms with van der Waals surface area (Å²) < 4.78 is 15.2. The minimum Gasteiger partial charge on any atom is -0.352 e. The van der Waals surface area contributed by atoms with Crippen LogP contribution in [-0.4, -0.2) is 55.8 Å². The summed E-state index contributed by atoms with van der Waals surface area (Å²) in [6, 6.07) is 4.97. The molecule has 1 aromatic heterocycles. The molecular weight excluding hydrogens is 395 g/mol. The third-order valence-electron chi connectivity index (χ3n) is 5.05. The van der Waals surface area contributed by atoms with Gasteiger partial charge >= 0.3 is 0 Å². The van der Waals surface area contributed by atoms with E-state index in [-0.39, 0.29) is 23.5 Å². The molecule has 10 heteroatoms. The van der Waals surface area contributed by atoms with Crippen LogP contribution in [0.3, 0.4) is 0 Å². The number of aromatic nitrogens is 4. The summed E-state index contributed by atoms with van der Waals surface area (Å²) >= 11 is 1.45. The number of carbonyl (C=O) groups excluding carboxylic acids is 2. The second-order valence-corrected chi connectivity index (χ2v) is 8.20. The average Bonchev–Trinajstić information content (AvgIpc) is 3.13. The number of likely N-dealkylation sites (tertiary alicyclic amines) is 1. The number of tetrazole rings is 1. The molecule has 0 unspecified atom stereocenters. The van der Waals surface area contributed by atoms with Gasteiger partial charge in [0.2, 0.25) is 17.0 Å². The van der Waals surface area contributed by atoms with Crippen molar-refractivity contribution in [2.75, 3.05) is 18.8 Å². The van der Waals surface area contributed by atoms with Crippen LogP contribution in [0, 0.1) is 18.7 Å². The van der Waals surface area contributed by atoms with Crippen molar-refractivity contribution in [3.05, 3.63) is 35.1 Å². The summed E-state index contributed by atoms with van der Waals surface area (Å²) in [4.78, 5) is 26.6. The third-order valence-corrected chi connectivity index (χ3v) is 6.06. The first-order valence-corrected chi connectivity index (χ1v) is 10.6. The third kappa shape index (κ3) is 5.75. The molecule has 1 fully saturated rings. The van der Waals surface area contributed by atoms with Crippen LogP contribution in [0.4, 0.5) is 4.39 Å². The molecule has 0 atom stereocenters. The maximum atomic E-state index is 13.6. The maximum Gasteiger partial charge on any atom is 0.223 e. The van der Waals surface area contributed by atoms with Gasteiger partial charge in [-0.2, -0.15) is 0 Å². The highest BCUT2D eigenvalue weighted by atomic mass is 32.2. The van der Waals surface area contributed by atoms with Gasteiger partial charge in [-0.15, -0.1) is 5.10 Å². The number of rotatable bonds is 7. The van der Waals surface area contributed by atoms with E-state index >= 15 is 0 Å². The average molecular weight is 421 g/mol. The first-order valence-electron chi connectivity index (χ1n) is 9.59. The highest BCUT2D eigenvalue weighted by Gasteiger charge is 2.27. The lowest BCUT2D eigenvalue weighted by atomic mass is 9.95. The zero-order valence-corrected chi connectivity index (χ0v) is 17.4. The number of hydrogen-bond acceptors (Lipinski definition) is 6. The lowest BCUT2D eigenvalue weighted by Gasteiger charge is -2.31. The Hall–Kier alpha value is -2.49. The predicted molar refractivity (Wildman–Crippen MR) is 106 cm³/mol. The summed E-state index contributed by atoms with van der Waals surface area (Å²) in [5.74, 6) is 0.274. The molecule has 1 aliphatic heterocycles. The molecule has 0 radical (unpaired) electrons. The SMILES string of the molecule is Cc1ccc(CNC(=O)C2CCN(C(=O)CCSc3nnnn3C)CC2)cc1F. The number of amides is 2. The minimum atomic E-state index is -0.267. The molecule has 156 valence electrons. The van der Waals surface area contributed by atoms with Crippen molar-refractivity contribution in [3.63, 3.8) is 0 Å². The highest BCUT2D eigenvalue weighted by molar-refractivity contribution is 7.99. The molecular formula is C19H25FN6O2S. The van der Waals surface area contributed by atoms with Crippen molar-refractivity contribution >= 4 is 23.6 Å². The molecule has 0 aliphatic carbocycles. The largest absolute Gasteiger partial charge is 0.352 e. The van der Waals surface area contributed by atoms with E-state index in [1.165, 1.54) is 17.8 Å². The number of aryl methyl sites for hydroxylation is 2. The van der Waals surface area contributed by atoms with Crippen LogP contribution >= 0.6 is 11.8 Å². The molecule has 1 aromatic carbocycles. The van der Waals surface area contributed by atoms with Gasteiger partial charge in [-0.3, -0.25) is 9.59 Å². The Labute approximate surface area is 173 Å². The predicted octanol–water partition coefficient (Wildman–Crippen LogP) is 1.69. The van der Waals surface area contributed by atoms with Crippen LogP contribution < -0.4 is 5.32 Å². The van der Waals surface area contributed by atoms with Gasteiger partial charge in [-0.1, -0.05) is 23.9 Å². The molecule has 2 aromatic rings. The fourth-order valence-corrected chi connectivity index (χ4v) is 3.98. The Morgan fingerprint density at radius 1 is 1.31 bits per heavy atom. The van der Waals surface area contributed by atoms with Gasteiger partial charge in [0.25, 0.3) is 0 Å². The molecule has 29 heavy (non-hydrogen) atoms. The van der Waals surface area contributed by atoms with Crippen LogP contribution in [0.5, 0.6) is 0 Å². The number of nitrogens with one attached hydrogen (secondary N) is 1. The molecule has 1 saturated heterocycles. The maximum absolute atomic E-state index is 13.6. The molecule has 8 nitrogen and oxygen atoms in total. The summed E-state index contributed by atoms with van der Waals surface area (Å²) in [5, 5.41) is 14.8. The van der Waals surface area contributed by atoms with E-state index in [0.29, 0.717) is 55.4 Å². The van der Waals surface area contributed by atoms with Crippen LogP contribution in [0.2, 0.25) is 0 Å². The van der Waals surface area contributed by atoms with Crippen LogP contribution in [-0.2, 0) is 23.2 Å². The van der Waals surface area contributed by atoms with E-state index in [1.54, 1.807) is 24.7 Å². The zero-order chi connectivity index (χ0) is 20.8. The molecule has 1 N–H and O–H groups in total. The summed E-state index contributed by atoms with van der Waals surface area (Å²) in [6.45, 7) is 3.17. The smallest absolute Gasteiger partial charge is 0.223 e. The van der Waals surface area contributed by atoms with Gasteiger partial charge in [-0.25, -0.2) is 9.07 Å². The number of halogens is 1.